The van der Waals surface area contributed by atoms with Gasteiger partial charge in [-0.25, -0.2) is 0 Å². The van der Waals surface area contributed by atoms with Crippen LogP contribution in [0.2, 0.25) is 0 Å². The van der Waals surface area contributed by atoms with Crippen LogP contribution in [0.5, 0.6) is 0 Å². The molecule has 1 rings (SSSR count). The van der Waals surface area contributed by atoms with E-state index < -0.39 is 0 Å². The van der Waals surface area contributed by atoms with Crippen LogP contribution in [0.25, 0.3) is 0 Å². The molecule has 3 heteroatoms. The number of amides is 1. The van der Waals surface area contributed by atoms with Gasteiger partial charge >= 0.3 is 0 Å². The average Bonchev–Trinajstić information content (AvgIpc) is 2.27. The first-order valence-electron chi connectivity index (χ1n) is 5.08. The quantitative estimate of drug-likeness (QED) is 0.763. The summed E-state index contributed by atoms with van der Waals surface area (Å²) in [6.45, 7) is 4.39. The topological polar surface area (TPSA) is 42.0 Å². The first-order chi connectivity index (χ1) is 7.24. The molecule has 1 aromatic heterocycles. The number of carbonyl (C=O) groups excluding carboxylic acids is 1. The smallest absolute Gasteiger partial charge is 0.246 e. The van der Waals surface area contributed by atoms with Crippen LogP contribution in [-0.2, 0) is 11.3 Å². The van der Waals surface area contributed by atoms with E-state index in [0.29, 0.717) is 6.54 Å². The summed E-state index contributed by atoms with van der Waals surface area (Å²) in [5.41, 5.74) is 1.83. The minimum atomic E-state index is -0.00587. The average molecular weight is 204 g/mol. The van der Waals surface area contributed by atoms with Crippen molar-refractivity contribution in [1.82, 2.24) is 10.3 Å². The highest BCUT2D eigenvalue weighted by Gasteiger charge is 2.02. The van der Waals surface area contributed by atoms with Crippen molar-refractivity contribution in [2.24, 2.45) is 0 Å². The Morgan fingerprint density at radius 3 is 2.73 bits per heavy atom. The summed E-state index contributed by atoms with van der Waals surface area (Å²) in [6.07, 6.45) is 6.24. The maximum atomic E-state index is 11.5. The van der Waals surface area contributed by atoms with Gasteiger partial charge in [0.25, 0.3) is 0 Å². The summed E-state index contributed by atoms with van der Waals surface area (Å²) in [7, 11) is 0. The van der Waals surface area contributed by atoms with Gasteiger partial charge in [0.15, 0.2) is 0 Å². The molecule has 1 heterocycles. The summed E-state index contributed by atoms with van der Waals surface area (Å²) in [5, 5.41) is 2.85. The molecule has 15 heavy (non-hydrogen) atoms. The predicted octanol–water partition coefficient (Wildman–Crippen LogP) is 2.05. The van der Waals surface area contributed by atoms with Crippen LogP contribution in [-0.4, -0.2) is 10.9 Å². The van der Waals surface area contributed by atoms with Crippen molar-refractivity contribution in [1.29, 1.82) is 0 Å². The molecule has 0 aliphatic rings. The van der Waals surface area contributed by atoms with E-state index in [-0.39, 0.29) is 5.91 Å². The van der Waals surface area contributed by atoms with E-state index in [2.05, 4.69) is 10.3 Å². The van der Waals surface area contributed by atoms with Gasteiger partial charge in [0.1, 0.15) is 0 Å². The lowest BCUT2D eigenvalue weighted by molar-refractivity contribution is -0.117. The molecule has 1 amide bonds. The molecule has 0 aliphatic carbocycles. The van der Waals surface area contributed by atoms with E-state index in [1.807, 2.05) is 32.1 Å². The van der Waals surface area contributed by atoms with Gasteiger partial charge in [-0.1, -0.05) is 13.0 Å². The molecule has 0 spiro atoms. The molecule has 0 fully saturated rings. The summed E-state index contributed by atoms with van der Waals surface area (Å²) >= 11 is 0. The third-order valence-corrected chi connectivity index (χ3v) is 2.07. The van der Waals surface area contributed by atoms with Crippen molar-refractivity contribution in [3.05, 3.63) is 41.7 Å². The summed E-state index contributed by atoms with van der Waals surface area (Å²) < 4.78 is 0. The molecule has 0 atom stereocenters. The Kier molecular flexibility index (Phi) is 4.54. The lowest BCUT2D eigenvalue weighted by Crippen LogP contribution is -2.23. The summed E-state index contributed by atoms with van der Waals surface area (Å²) in [4.78, 5) is 15.4. The van der Waals surface area contributed by atoms with Crippen LogP contribution in [0.1, 0.15) is 25.8 Å². The molecule has 0 bridgehead atoms. The number of allylic oxidation sites excluding steroid dienone is 1. The van der Waals surface area contributed by atoms with Crippen molar-refractivity contribution in [2.45, 2.75) is 26.8 Å². The highest BCUT2D eigenvalue weighted by molar-refractivity contribution is 5.92. The number of rotatable bonds is 4. The normalized spacial score (nSPS) is 11.2. The van der Waals surface area contributed by atoms with Gasteiger partial charge in [-0.05, 0) is 31.0 Å². The Labute approximate surface area is 90.2 Å². The van der Waals surface area contributed by atoms with Crippen LogP contribution in [0.3, 0.4) is 0 Å². The highest BCUT2D eigenvalue weighted by Crippen LogP contribution is 1.98. The molecule has 0 saturated carbocycles. The van der Waals surface area contributed by atoms with Crippen molar-refractivity contribution in [2.75, 3.05) is 0 Å². The fraction of sp³-hybridized carbons (Fsp3) is 0.333. The van der Waals surface area contributed by atoms with Gasteiger partial charge in [0.05, 0.1) is 0 Å². The summed E-state index contributed by atoms with van der Waals surface area (Å²) in [6, 6.07) is 3.78. The highest BCUT2D eigenvalue weighted by atomic mass is 16.1. The van der Waals surface area contributed by atoms with Gasteiger partial charge in [-0.2, -0.15) is 0 Å². The maximum Gasteiger partial charge on any atom is 0.246 e. The lowest BCUT2D eigenvalue weighted by atomic mass is 10.2. The first-order valence-corrected chi connectivity index (χ1v) is 5.08. The van der Waals surface area contributed by atoms with Crippen LogP contribution >= 0.6 is 0 Å². The van der Waals surface area contributed by atoms with Crippen LogP contribution in [0.15, 0.2) is 36.2 Å². The van der Waals surface area contributed by atoms with Gasteiger partial charge in [0, 0.05) is 24.5 Å². The van der Waals surface area contributed by atoms with Crippen LogP contribution in [0.4, 0.5) is 0 Å². The lowest BCUT2D eigenvalue weighted by Gasteiger charge is -2.04. The minimum absolute atomic E-state index is 0.00587. The Balaban J connectivity index is 2.45. The van der Waals surface area contributed by atoms with Gasteiger partial charge in [-0.3, -0.25) is 9.78 Å². The zero-order valence-electron chi connectivity index (χ0n) is 9.16. The van der Waals surface area contributed by atoms with Gasteiger partial charge < -0.3 is 5.32 Å². The number of nitrogens with one attached hydrogen (secondary N) is 1. The standard InChI is InChI=1S/C12H16N2O/c1-3-4-10(2)12(15)14-9-11-5-7-13-8-6-11/h4-8H,3,9H2,1-2H3,(H,14,15)/b10-4+. The monoisotopic (exact) mass is 204 g/mol. The van der Waals surface area contributed by atoms with Crippen molar-refractivity contribution in [3.8, 4) is 0 Å². The molecule has 1 N–H and O–H groups in total. The molecule has 1 aromatic rings. The Morgan fingerprint density at radius 1 is 1.47 bits per heavy atom. The molecule has 80 valence electrons. The molecule has 0 unspecified atom stereocenters. The van der Waals surface area contributed by atoms with E-state index in [1.165, 1.54) is 0 Å². The predicted molar refractivity (Wildman–Crippen MR) is 60.1 cm³/mol. The van der Waals surface area contributed by atoms with Gasteiger partial charge in [0.2, 0.25) is 5.91 Å². The number of carbonyl (C=O) groups is 1. The number of pyridine rings is 1. The zero-order chi connectivity index (χ0) is 11.1. The Hall–Kier alpha value is -1.64. The summed E-state index contributed by atoms with van der Waals surface area (Å²) in [5.74, 6) is -0.00587. The molecule has 0 aliphatic heterocycles. The third kappa shape index (κ3) is 3.94. The number of hydrogen-bond acceptors (Lipinski definition) is 2. The Bertz CT molecular complexity index is 344. The minimum Gasteiger partial charge on any atom is -0.348 e. The number of nitrogens with zero attached hydrogens (tertiary/aromatic N) is 1. The van der Waals surface area contributed by atoms with Crippen molar-refractivity contribution in [3.63, 3.8) is 0 Å². The van der Waals surface area contributed by atoms with E-state index in [1.54, 1.807) is 12.4 Å². The largest absolute Gasteiger partial charge is 0.348 e. The van der Waals surface area contributed by atoms with Crippen molar-refractivity contribution < 1.29 is 4.79 Å². The Morgan fingerprint density at radius 2 is 2.13 bits per heavy atom. The fourth-order valence-electron chi connectivity index (χ4n) is 1.22. The van der Waals surface area contributed by atoms with E-state index in [4.69, 9.17) is 0 Å². The fourth-order valence-corrected chi connectivity index (χ4v) is 1.22. The van der Waals surface area contributed by atoms with E-state index in [0.717, 1.165) is 17.6 Å². The second-order valence-corrected chi connectivity index (χ2v) is 3.33. The second-order valence-electron chi connectivity index (χ2n) is 3.33. The second kappa shape index (κ2) is 5.96. The molecular weight excluding hydrogens is 188 g/mol. The van der Waals surface area contributed by atoms with Crippen LogP contribution < -0.4 is 5.32 Å². The van der Waals surface area contributed by atoms with Crippen molar-refractivity contribution >= 4 is 5.91 Å². The zero-order valence-corrected chi connectivity index (χ0v) is 9.16. The van der Waals surface area contributed by atoms with E-state index in [9.17, 15) is 4.79 Å². The third-order valence-electron chi connectivity index (χ3n) is 2.07. The molecule has 0 radical (unpaired) electrons. The van der Waals surface area contributed by atoms with Gasteiger partial charge in [-0.15, -0.1) is 0 Å². The molecule has 0 aromatic carbocycles. The van der Waals surface area contributed by atoms with E-state index >= 15 is 0 Å². The molecule has 0 saturated heterocycles. The number of hydrogen-bond donors (Lipinski definition) is 1. The molecular formula is C12H16N2O. The number of aromatic nitrogens is 1. The first kappa shape index (κ1) is 11.4. The SMILES string of the molecule is CC/C=C(\C)C(=O)NCc1ccncc1. The maximum absolute atomic E-state index is 11.5. The van der Waals surface area contributed by atoms with Crippen LogP contribution in [0, 0.1) is 0 Å². The molecule has 3 nitrogen and oxygen atoms in total.